The van der Waals surface area contributed by atoms with Gasteiger partial charge in [0.15, 0.2) is 5.43 Å². The average molecular weight is 364 g/mol. The lowest BCUT2D eigenvalue weighted by molar-refractivity contribution is 0.100. The van der Waals surface area contributed by atoms with Crippen molar-refractivity contribution in [2.75, 3.05) is 7.05 Å². The smallest absolute Gasteiger partial charge is 0.248 e. The maximum atomic E-state index is 12.5. The second-order valence-corrected chi connectivity index (χ2v) is 7.08. The van der Waals surface area contributed by atoms with E-state index in [-0.39, 0.29) is 11.5 Å². The molecule has 3 rings (SSSR count). The molecule has 6 heteroatoms. The molecule has 0 saturated heterocycles. The summed E-state index contributed by atoms with van der Waals surface area (Å²) in [5.74, 6) is -0.543. The molecule has 0 unspecified atom stereocenters. The van der Waals surface area contributed by atoms with Gasteiger partial charge in [0.2, 0.25) is 5.91 Å². The van der Waals surface area contributed by atoms with Crippen LogP contribution in [0.4, 0.5) is 0 Å². The number of nitrogens with zero attached hydrogens (tertiary/aromatic N) is 2. The summed E-state index contributed by atoms with van der Waals surface area (Å²) in [4.78, 5) is 33.7. The van der Waals surface area contributed by atoms with Crippen LogP contribution in [0.5, 0.6) is 0 Å². The number of nitrogens with two attached hydrogens (primary N) is 1. The molecule has 0 bridgehead atoms. The number of aryl methyl sites for hydroxylation is 1. The Morgan fingerprint density at radius 3 is 2.74 bits per heavy atom. The van der Waals surface area contributed by atoms with Gasteiger partial charge in [0.05, 0.1) is 0 Å². The van der Waals surface area contributed by atoms with Gasteiger partial charge in [-0.05, 0) is 56.8 Å². The summed E-state index contributed by atoms with van der Waals surface area (Å²) >= 11 is 0. The third-order valence-corrected chi connectivity index (χ3v) is 4.82. The van der Waals surface area contributed by atoms with E-state index in [1.54, 1.807) is 18.2 Å². The lowest BCUT2D eigenvalue weighted by Crippen LogP contribution is -2.31. The van der Waals surface area contributed by atoms with E-state index in [1.807, 2.05) is 19.3 Å². The van der Waals surface area contributed by atoms with Crippen LogP contribution in [-0.4, -0.2) is 33.9 Å². The average Bonchev–Trinajstić information content (AvgIpc) is 2.61. The fourth-order valence-electron chi connectivity index (χ4n) is 3.13. The van der Waals surface area contributed by atoms with E-state index in [2.05, 4.69) is 34.8 Å². The third-order valence-electron chi connectivity index (χ3n) is 4.82. The zero-order valence-corrected chi connectivity index (χ0v) is 15.8. The Morgan fingerprint density at radius 2 is 2.04 bits per heavy atom. The first-order valence-corrected chi connectivity index (χ1v) is 8.91. The van der Waals surface area contributed by atoms with Crippen LogP contribution in [0.1, 0.15) is 34.2 Å². The molecule has 1 amide bonds. The molecule has 1 aromatic carbocycles. The fourth-order valence-corrected chi connectivity index (χ4v) is 3.13. The first kappa shape index (κ1) is 18.8. The number of primary amides is 1. The lowest BCUT2D eigenvalue weighted by atomic mass is 10.1. The number of likely N-dealkylation sites (N-methyl/N-ethyl adjacent to an activating group) is 1. The second kappa shape index (κ2) is 7.72. The summed E-state index contributed by atoms with van der Waals surface area (Å²) in [5.41, 5.74) is 9.28. The molecule has 0 aliphatic heterocycles. The Labute approximate surface area is 158 Å². The maximum Gasteiger partial charge on any atom is 0.248 e. The molecular weight excluding hydrogens is 340 g/mol. The molecule has 3 N–H and O–H groups in total. The Morgan fingerprint density at radius 1 is 1.26 bits per heavy atom. The monoisotopic (exact) mass is 364 g/mol. The molecule has 27 heavy (non-hydrogen) atoms. The number of fused-ring (bicyclic) bond motifs is 1. The van der Waals surface area contributed by atoms with Crippen LogP contribution < -0.4 is 11.2 Å². The molecule has 0 saturated carbocycles. The van der Waals surface area contributed by atoms with Crippen molar-refractivity contribution < 1.29 is 4.79 Å². The van der Waals surface area contributed by atoms with Crippen LogP contribution >= 0.6 is 0 Å². The van der Waals surface area contributed by atoms with Crippen molar-refractivity contribution in [1.29, 1.82) is 0 Å². The number of benzene rings is 1. The van der Waals surface area contributed by atoms with Gasteiger partial charge >= 0.3 is 0 Å². The van der Waals surface area contributed by atoms with Crippen molar-refractivity contribution >= 4 is 16.8 Å². The summed E-state index contributed by atoms with van der Waals surface area (Å²) < 4.78 is 0. The minimum Gasteiger partial charge on any atom is -0.366 e. The van der Waals surface area contributed by atoms with Gasteiger partial charge in [-0.1, -0.05) is 0 Å². The quantitative estimate of drug-likeness (QED) is 0.702. The van der Waals surface area contributed by atoms with Gasteiger partial charge in [-0.15, -0.1) is 0 Å². The van der Waals surface area contributed by atoms with Gasteiger partial charge in [-0.2, -0.15) is 0 Å². The molecule has 0 aliphatic carbocycles. The van der Waals surface area contributed by atoms with Crippen LogP contribution in [-0.2, 0) is 13.0 Å². The SMILES string of the molecule is Cc1ccnc(C[C@H](C)N(C)Cc2cc(=O)c3cc(C(N)=O)ccc3[nH]2)c1. The minimum absolute atomic E-state index is 0.122. The third kappa shape index (κ3) is 4.41. The zero-order valence-electron chi connectivity index (χ0n) is 15.8. The highest BCUT2D eigenvalue weighted by molar-refractivity contribution is 5.96. The first-order chi connectivity index (χ1) is 12.8. The molecule has 1 atom stereocenters. The highest BCUT2D eigenvalue weighted by Gasteiger charge is 2.13. The summed E-state index contributed by atoms with van der Waals surface area (Å²) in [6.07, 6.45) is 2.66. The molecule has 0 spiro atoms. The second-order valence-electron chi connectivity index (χ2n) is 7.08. The molecule has 140 valence electrons. The molecule has 6 nitrogen and oxygen atoms in total. The minimum atomic E-state index is -0.543. The number of aromatic nitrogens is 2. The Bertz CT molecular complexity index is 1040. The van der Waals surface area contributed by atoms with Gasteiger partial charge in [0.25, 0.3) is 0 Å². The van der Waals surface area contributed by atoms with Crippen molar-refractivity contribution in [2.24, 2.45) is 5.73 Å². The number of pyridine rings is 2. The molecule has 0 radical (unpaired) electrons. The number of hydrogen-bond donors (Lipinski definition) is 2. The number of nitrogens with one attached hydrogen (secondary N) is 1. The van der Waals surface area contributed by atoms with E-state index in [9.17, 15) is 9.59 Å². The molecular formula is C21H24N4O2. The first-order valence-electron chi connectivity index (χ1n) is 8.91. The summed E-state index contributed by atoms with van der Waals surface area (Å²) in [5, 5.41) is 0.467. The van der Waals surface area contributed by atoms with E-state index >= 15 is 0 Å². The van der Waals surface area contributed by atoms with Crippen molar-refractivity contribution in [3.8, 4) is 0 Å². The van der Waals surface area contributed by atoms with Crippen LogP contribution in [0.2, 0.25) is 0 Å². The number of aromatic amines is 1. The summed E-state index contributed by atoms with van der Waals surface area (Å²) in [6, 6.07) is 10.8. The van der Waals surface area contributed by atoms with E-state index in [0.717, 1.165) is 17.8 Å². The lowest BCUT2D eigenvalue weighted by Gasteiger charge is -2.24. The van der Waals surface area contributed by atoms with Gasteiger partial charge in [-0.25, -0.2) is 0 Å². The number of hydrogen-bond acceptors (Lipinski definition) is 4. The fraction of sp³-hybridized carbons (Fsp3) is 0.286. The molecule has 0 fully saturated rings. The van der Waals surface area contributed by atoms with Gasteiger partial charge < -0.3 is 10.7 Å². The van der Waals surface area contributed by atoms with Gasteiger partial charge in [-0.3, -0.25) is 19.5 Å². The van der Waals surface area contributed by atoms with Crippen molar-refractivity contribution in [3.05, 3.63) is 75.3 Å². The topological polar surface area (TPSA) is 92.1 Å². The number of carbonyl (C=O) groups is 1. The van der Waals surface area contributed by atoms with Crippen LogP contribution in [0.3, 0.4) is 0 Å². The number of rotatable bonds is 6. The number of amides is 1. The predicted molar refractivity (Wildman–Crippen MR) is 107 cm³/mol. The van der Waals surface area contributed by atoms with Crippen molar-refractivity contribution in [3.63, 3.8) is 0 Å². The standard InChI is InChI=1S/C21H24N4O2/c1-13-6-7-23-16(8-13)9-14(2)25(3)12-17-11-20(26)18-10-15(21(22)27)4-5-19(18)24-17/h4-8,10-11,14H,9,12H2,1-3H3,(H2,22,27)(H,24,26)/t14-/m0/s1. The summed E-state index contributed by atoms with van der Waals surface area (Å²) in [6.45, 7) is 4.81. The van der Waals surface area contributed by atoms with E-state index in [0.29, 0.717) is 23.0 Å². The Balaban J connectivity index is 1.78. The molecule has 2 aromatic heterocycles. The largest absolute Gasteiger partial charge is 0.366 e. The maximum absolute atomic E-state index is 12.5. The number of carbonyl (C=O) groups excluding carboxylic acids is 1. The summed E-state index contributed by atoms with van der Waals surface area (Å²) in [7, 11) is 2.03. The van der Waals surface area contributed by atoms with Gasteiger partial charge in [0, 0.05) is 59.1 Å². The predicted octanol–water partition coefficient (Wildman–Crippen LogP) is 2.39. The molecule has 2 heterocycles. The van der Waals surface area contributed by atoms with Crippen LogP contribution in [0.25, 0.3) is 10.9 Å². The van der Waals surface area contributed by atoms with E-state index in [1.165, 1.54) is 11.6 Å². The van der Waals surface area contributed by atoms with Crippen LogP contribution in [0.15, 0.2) is 47.4 Å². The van der Waals surface area contributed by atoms with Crippen molar-refractivity contribution in [1.82, 2.24) is 14.9 Å². The van der Waals surface area contributed by atoms with Gasteiger partial charge in [0.1, 0.15) is 0 Å². The van der Waals surface area contributed by atoms with Crippen molar-refractivity contribution in [2.45, 2.75) is 32.9 Å². The number of H-pyrrole nitrogens is 1. The normalized spacial score (nSPS) is 12.4. The van der Waals surface area contributed by atoms with Crippen LogP contribution in [0, 0.1) is 6.92 Å². The highest BCUT2D eigenvalue weighted by atomic mass is 16.1. The Kier molecular flexibility index (Phi) is 5.37. The van der Waals surface area contributed by atoms with E-state index < -0.39 is 5.91 Å². The Hall–Kier alpha value is -2.99. The van der Waals surface area contributed by atoms with E-state index in [4.69, 9.17) is 5.73 Å². The molecule has 0 aliphatic rings. The highest BCUT2D eigenvalue weighted by Crippen LogP contribution is 2.14. The molecule has 3 aromatic rings. The zero-order chi connectivity index (χ0) is 19.6.